The number of nitriles is 1. The SMILES string of the molecule is N#CCCCc1cc(F)cc(F)c1F. The fourth-order valence-corrected chi connectivity index (χ4v) is 1.15. The van der Waals surface area contributed by atoms with Crippen LogP contribution < -0.4 is 0 Å². The Hall–Kier alpha value is -1.50. The molecule has 0 aliphatic heterocycles. The van der Waals surface area contributed by atoms with Crippen molar-refractivity contribution in [1.82, 2.24) is 0 Å². The zero-order valence-corrected chi connectivity index (χ0v) is 7.36. The lowest BCUT2D eigenvalue weighted by Gasteiger charge is -2.02. The van der Waals surface area contributed by atoms with E-state index in [1.807, 2.05) is 6.07 Å². The number of hydrogen-bond acceptors (Lipinski definition) is 1. The fraction of sp³-hybridized carbons (Fsp3) is 0.300. The molecule has 14 heavy (non-hydrogen) atoms. The molecule has 0 amide bonds. The Kier molecular flexibility index (Phi) is 3.52. The molecule has 1 aromatic rings. The van der Waals surface area contributed by atoms with Crippen molar-refractivity contribution in [2.45, 2.75) is 19.3 Å². The van der Waals surface area contributed by atoms with Crippen molar-refractivity contribution < 1.29 is 13.2 Å². The van der Waals surface area contributed by atoms with Crippen molar-refractivity contribution in [2.24, 2.45) is 0 Å². The van der Waals surface area contributed by atoms with Crippen LogP contribution in [0.25, 0.3) is 0 Å². The van der Waals surface area contributed by atoms with Crippen molar-refractivity contribution in [3.05, 3.63) is 35.1 Å². The number of unbranched alkanes of at least 4 members (excludes halogenated alkanes) is 1. The van der Waals surface area contributed by atoms with Crippen LogP contribution in [-0.2, 0) is 6.42 Å². The first-order valence-corrected chi connectivity index (χ1v) is 4.15. The molecule has 0 aromatic heterocycles. The van der Waals surface area contributed by atoms with Gasteiger partial charge in [0.25, 0.3) is 0 Å². The quantitative estimate of drug-likeness (QED) is 0.542. The lowest BCUT2D eigenvalue weighted by atomic mass is 10.1. The topological polar surface area (TPSA) is 23.8 Å². The molecule has 0 N–H and O–H groups in total. The molecule has 0 unspecified atom stereocenters. The monoisotopic (exact) mass is 199 g/mol. The van der Waals surface area contributed by atoms with E-state index in [0.717, 1.165) is 6.07 Å². The van der Waals surface area contributed by atoms with E-state index >= 15 is 0 Å². The second-order valence-electron chi connectivity index (χ2n) is 2.87. The fourth-order valence-electron chi connectivity index (χ4n) is 1.15. The van der Waals surface area contributed by atoms with Gasteiger partial charge in [-0.2, -0.15) is 5.26 Å². The van der Waals surface area contributed by atoms with E-state index in [1.54, 1.807) is 0 Å². The summed E-state index contributed by atoms with van der Waals surface area (Å²) in [5, 5.41) is 8.23. The van der Waals surface area contributed by atoms with Crippen LogP contribution in [0.4, 0.5) is 13.2 Å². The summed E-state index contributed by atoms with van der Waals surface area (Å²) < 4.78 is 38.3. The van der Waals surface area contributed by atoms with Crippen molar-refractivity contribution in [1.29, 1.82) is 5.26 Å². The number of hydrogen-bond donors (Lipinski definition) is 0. The van der Waals surface area contributed by atoms with E-state index in [2.05, 4.69) is 0 Å². The van der Waals surface area contributed by atoms with Gasteiger partial charge in [0, 0.05) is 12.5 Å². The minimum absolute atomic E-state index is 0.0160. The Labute approximate surface area is 79.8 Å². The van der Waals surface area contributed by atoms with Crippen molar-refractivity contribution >= 4 is 0 Å². The molecule has 0 bridgehead atoms. The van der Waals surface area contributed by atoms with E-state index in [9.17, 15) is 13.2 Å². The van der Waals surface area contributed by atoms with Crippen LogP contribution in [0.3, 0.4) is 0 Å². The van der Waals surface area contributed by atoms with Crippen molar-refractivity contribution in [2.75, 3.05) is 0 Å². The molecule has 0 atom stereocenters. The predicted molar refractivity (Wildman–Crippen MR) is 44.9 cm³/mol. The number of nitrogens with zero attached hydrogens (tertiary/aromatic N) is 1. The first-order chi connectivity index (χ1) is 6.65. The first kappa shape index (κ1) is 10.6. The van der Waals surface area contributed by atoms with Gasteiger partial charge in [0.1, 0.15) is 5.82 Å². The molecule has 0 spiro atoms. The summed E-state index contributed by atoms with van der Waals surface area (Å²) >= 11 is 0. The minimum Gasteiger partial charge on any atom is -0.207 e. The molecule has 1 rings (SSSR count). The summed E-state index contributed by atoms with van der Waals surface area (Å²) in [6.45, 7) is 0. The standard InChI is InChI=1S/C10H8F3N/c11-8-5-7(3-1-2-4-14)10(13)9(12)6-8/h5-6H,1-3H2. The van der Waals surface area contributed by atoms with Crippen molar-refractivity contribution in [3.63, 3.8) is 0 Å². The van der Waals surface area contributed by atoms with E-state index in [4.69, 9.17) is 5.26 Å². The highest BCUT2D eigenvalue weighted by atomic mass is 19.2. The third-order valence-corrected chi connectivity index (χ3v) is 1.80. The van der Waals surface area contributed by atoms with Gasteiger partial charge in [0.15, 0.2) is 11.6 Å². The summed E-state index contributed by atoms with van der Waals surface area (Å²) in [4.78, 5) is 0. The van der Waals surface area contributed by atoms with Crippen LogP contribution >= 0.6 is 0 Å². The van der Waals surface area contributed by atoms with Gasteiger partial charge in [0.05, 0.1) is 6.07 Å². The van der Waals surface area contributed by atoms with Gasteiger partial charge in [-0.15, -0.1) is 0 Å². The minimum atomic E-state index is -1.18. The van der Waals surface area contributed by atoms with Gasteiger partial charge < -0.3 is 0 Å². The highest BCUT2D eigenvalue weighted by Gasteiger charge is 2.10. The first-order valence-electron chi connectivity index (χ1n) is 4.15. The van der Waals surface area contributed by atoms with Gasteiger partial charge in [0.2, 0.25) is 0 Å². The normalized spacial score (nSPS) is 9.86. The Balaban J connectivity index is 2.81. The summed E-state index contributed by atoms with van der Waals surface area (Å²) in [5.41, 5.74) is -0.0160. The number of halogens is 3. The largest absolute Gasteiger partial charge is 0.207 e. The van der Waals surface area contributed by atoms with Gasteiger partial charge in [-0.1, -0.05) is 0 Å². The molecule has 1 aromatic carbocycles. The second kappa shape index (κ2) is 4.66. The van der Waals surface area contributed by atoms with Crippen LogP contribution in [0, 0.1) is 28.8 Å². The van der Waals surface area contributed by atoms with Gasteiger partial charge in [-0.3, -0.25) is 0 Å². The molecule has 0 saturated heterocycles. The summed E-state index contributed by atoms with van der Waals surface area (Å²) in [5.74, 6) is -3.00. The summed E-state index contributed by atoms with van der Waals surface area (Å²) in [6, 6.07) is 3.33. The molecule has 0 aliphatic carbocycles. The Bertz CT molecular complexity index is 368. The number of rotatable bonds is 3. The second-order valence-corrected chi connectivity index (χ2v) is 2.87. The summed E-state index contributed by atoms with van der Waals surface area (Å²) in [6.07, 6.45) is 0.821. The Morgan fingerprint density at radius 2 is 1.93 bits per heavy atom. The van der Waals surface area contributed by atoms with Crippen LogP contribution in [0.5, 0.6) is 0 Å². The smallest absolute Gasteiger partial charge is 0.162 e. The van der Waals surface area contributed by atoms with Crippen LogP contribution in [-0.4, -0.2) is 0 Å². The van der Waals surface area contributed by atoms with E-state index in [1.165, 1.54) is 0 Å². The molecule has 0 radical (unpaired) electrons. The van der Waals surface area contributed by atoms with E-state index in [0.29, 0.717) is 12.5 Å². The van der Waals surface area contributed by atoms with Crippen LogP contribution in [0.15, 0.2) is 12.1 Å². The molecular weight excluding hydrogens is 191 g/mol. The zero-order chi connectivity index (χ0) is 10.6. The van der Waals surface area contributed by atoms with Crippen molar-refractivity contribution in [3.8, 4) is 6.07 Å². The number of aryl methyl sites for hydroxylation is 1. The maximum Gasteiger partial charge on any atom is 0.162 e. The van der Waals surface area contributed by atoms with Crippen LogP contribution in [0.2, 0.25) is 0 Å². The maximum absolute atomic E-state index is 13.0. The van der Waals surface area contributed by atoms with Gasteiger partial charge in [-0.25, -0.2) is 13.2 Å². The Morgan fingerprint density at radius 3 is 2.57 bits per heavy atom. The third-order valence-electron chi connectivity index (χ3n) is 1.80. The predicted octanol–water partition coefficient (Wildman–Crippen LogP) is 2.95. The third kappa shape index (κ3) is 2.49. The molecule has 1 nitrogen and oxygen atoms in total. The zero-order valence-electron chi connectivity index (χ0n) is 7.36. The highest BCUT2D eigenvalue weighted by molar-refractivity contribution is 5.20. The van der Waals surface area contributed by atoms with Gasteiger partial charge in [-0.05, 0) is 24.5 Å². The molecule has 0 heterocycles. The molecule has 0 fully saturated rings. The van der Waals surface area contributed by atoms with E-state index < -0.39 is 17.5 Å². The molecule has 0 saturated carbocycles. The lowest BCUT2D eigenvalue weighted by Crippen LogP contribution is -1.96. The Morgan fingerprint density at radius 1 is 1.21 bits per heavy atom. The average Bonchev–Trinajstić information content (AvgIpc) is 2.13. The number of benzene rings is 1. The average molecular weight is 199 g/mol. The van der Waals surface area contributed by atoms with Gasteiger partial charge >= 0.3 is 0 Å². The molecule has 4 heteroatoms. The van der Waals surface area contributed by atoms with Crippen LogP contribution in [0.1, 0.15) is 18.4 Å². The molecule has 0 aliphatic rings. The van der Waals surface area contributed by atoms with E-state index in [-0.39, 0.29) is 18.4 Å². The lowest BCUT2D eigenvalue weighted by molar-refractivity contribution is 0.483. The maximum atomic E-state index is 13.0. The summed E-state index contributed by atoms with van der Waals surface area (Å²) in [7, 11) is 0. The molecule has 74 valence electrons. The highest BCUT2D eigenvalue weighted by Crippen LogP contribution is 2.16. The molecular formula is C10H8F3N.